The Kier molecular flexibility index (Phi) is 3.73. The molecule has 7 heteroatoms. The zero-order chi connectivity index (χ0) is 13.1. The molecule has 0 aliphatic rings. The SMILES string of the molecule is CC(Nc1nc(NN)c(F)cc1F)c1cccs1. The molecule has 2 rings (SSSR count). The van der Waals surface area contributed by atoms with Crippen molar-refractivity contribution < 1.29 is 8.78 Å². The highest BCUT2D eigenvalue weighted by Crippen LogP contribution is 2.25. The largest absolute Gasteiger partial charge is 0.360 e. The van der Waals surface area contributed by atoms with Crippen molar-refractivity contribution >= 4 is 23.0 Å². The number of rotatable bonds is 4. The van der Waals surface area contributed by atoms with Crippen molar-refractivity contribution in [1.29, 1.82) is 0 Å². The Labute approximate surface area is 107 Å². The van der Waals surface area contributed by atoms with Gasteiger partial charge in [-0.15, -0.1) is 11.3 Å². The minimum Gasteiger partial charge on any atom is -0.360 e. The Morgan fingerprint density at radius 2 is 2.06 bits per heavy atom. The van der Waals surface area contributed by atoms with Crippen LogP contribution in [0.2, 0.25) is 0 Å². The van der Waals surface area contributed by atoms with E-state index in [1.165, 1.54) is 0 Å². The molecule has 0 amide bonds. The van der Waals surface area contributed by atoms with Crippen LogP contribution in [0.4, 0.5) is 20.4 Å². The van der Waals surface area contributed by atoms with E-state index in [4.69, 9.17) is 5.84 Å². The molecule has 0 fully saturated rings. The number of hydrazine groups is 1. The molecule has 4 N–H and O–H groups in total. The first kappa shape index (κ1) is 12.7. The molecule has 0 spiro atoms. The fourth-order valence-electron chi connectivity index (χ4n) is 1.48. The van der Waals surface area contributed by atoms with Gasteiger partial charge in [-0.05, 0) is 18.4 Å². The van der Waals surface area contributed by atoms with Crippen molar-refractivity contribution in [3.05, 3.63) is 40.1 Å². The summed E-state index contributed by atoms with van der Waals surface area (Å²) >= 11 is 1.54. The second-order valence-corrected chi connectivity index (χ2v) is 4.65. The summed E-state index contributed by atoms with van der Waals surface area (Å²) in [5, 5.41) is 4.80. The molecule has 1 atom stereocenters. The van der Waals surface area contributed by atoms with Gasteiger partial charge in [-0.3, -0.25) is 0 Å². The Hall–Kier alpha value is -1.73. The maximum absolute atomic E-state index is 13.5. The molecule has 0 radical (unpaired) electrons. The van der Waals surface area contributed by atoms with E-state index in [1.54, 1.807) is 11.3 Å². The number of nitrogens with two attached hydrogens (primary N) is 1. The zero-order valence-electron chi connectivity index (χ0n) is 9.58. The van der Waals surface area contributed by atoms with Crippen LogP contribution in [0.25, 0.3) is 0 Å². The molecule has 0 bridgehead atoms. The Bertz CT molecular complexity index is 530. The van der Waals surface area contributed by atoms with Crippen molar-refractivity contribution in [2.75, 3.05) is 10.7 Å². The Morgan fingerprint density at radius 3 is 2.67 bits per heavy atom. The molecular formula is C11H12F2N4S. The minimum absolute atomic E-state index is 0.0368. The molecule has 0 aromatic carbocycles. The van der Waals surface area contributed by atoms with Crippen LogP contribution in [-0.2, 0) is 0 Å². The van der Waals surface area contributed by atoms with E-state index >= 15 is 0 Å². The number of pyridine rings is 1. The maximum atomic E-state index is 13.5. The number of anilines is 2. The zero-order valence-corrected chi connectivity index (χ0v) is 10.4. The molecule has 0 saturated carbocycles. The standard InChI is InChI=1S/C11H12F2N4S/c1-6(9-3-2-4-18-9)15-10-7(12)5-8(13)11(16-10)17-14/h2-6H,14H2,1H3,(H2,15,16,17). The fourth-order valence-corrected chi connectivity index (χ4v) is 2.22. The molecule has 2 aromatic rings. The van der Waals surface area contributed by atoms with Crippen molar-refractivity contribution in [3.63, 3.8) is 0 Å². The average Bonchev–Trinajstić information content (AvgIpc) is 2.86. The van der Waals surface area contributed by atoms with Crippen LogP contribution in [0.1, 0.15) is 17.8 Å². The number of nitrogens with zero attached hydrogens (tertiary/aromatic N) is 1. The van der Waals surface area contributed by atoms with Crippen LogP contribution in [0.3, 0.4) is 0 Å². The lowest BCUT2D eigenvalue weighted by Crippen LogP contribution is -2.14. The number of hydrogen-bond acceptors (Lipinski definition) is 5. The van der Waals surface area contributed by atoms with Gasteiger partial charge in [0.05, 0.1) is 6.04 Å². The molecule has 1 unspecified atom stereocenters. The van der Waals surface area contributed by atoms with Crippen LogP contribution in [0.5, 0.6) is 0 Å². The molecule has 0 aliphatic carbocycles. The lowest BCUT2D eigenvalue weighted by atomic mass is 10.2. The van der Waals surface area contributed by atoms with Crippen molar-refractivity contribution in [3.8, 4) is 0 Å². The van der Waals surface area contributed by atoms with E-state index in [0.717, 1.165) is 10.9 Å². The first-order chi connectivity index (χ1) is 8.61. The van der Waals surface area contributed by atoms with E-state index in [0.29, 0.717) is 0 Å². The highest BCUT2D eigenvalue weighted by Gasteiger charge is 2.14. The molecule has 2 heterocycles. The summed E-state index contributed by atoms with van der Waals surface area (Å²) in [5.74, 6) is 3.28. The second kappa shape index (κ2) is 5.28. The Morgan fingerprint density at radius 1 is 1.33 bits per heavy atom. The van der Waals surface area contributed by atoms with Crippen LogP contribution < -0.4 is 16.6 Å². The third kappa shape index (κ3) is 2.57. The van der Waals surface area contributed by atoms with E-state index in [2.05, 4.69) is 15.7 Å². The molecule has 18 heavy (non-hydrogen) atoms. The number of nitrogens with one attached hydrogen (secondary N) is 2. The van der Waals surface area contributed by atoms with Gasteiger partial charge in [-0.2, -0.15) is 0 Å². The number of aromatic nitrogens is 1. The molecule has 4 nitrogen and oxygen atoms in total. The van der Waals surface area contributed by atoms with Crippen LogP contribution in [0, 0.1) is 11.6 Å². The van der Waals surface area contributed by atoms with E-state index in [-0.39, 0.29) is 17.7 Å². The summed E-state index contributed by atoms with van der Waals surface area (Å²) in [7, 11) is 0. The molecule has 96 valence electrons. The minimum atomic E-state index is -0.829. The topological polar surface area (TPSA) is 63.0 Å². The fraction of sp³-hybridized carbons (Fsp3) is 0.182. The monoisotopic (exact) mass is 270 g/mol. The first-order valence-electron chi connectivity index (χ1n) is 5.24. The third-order valence-electron chi connectivity index (χ3n) is 2.39. The van der Waals surface area contributed by atoms with Gasteiger partial charge in [0.2, 0.25) is 0 Å². The van der Waals surface area contributed by atoms with Crippen LogP contribution >= 0.6 is 11.3 Å². The summed E-state index contributed by atoms with van der Waals surface area (Å²) < 4.78 is 26.7. The van der Waals surface area contributed by atoms with Gasteiger partial charge in [-0.25, -0.2) is 19.6 Å². The van der Waals surface area contributed by atoms with E-state index in [9.17, 15) is 8.78 Å². The summed E-state index contributed by atoms with van der Waals surface area (Å²) in [6.45, 7) is 1.87. The molecule has 2 aromatic heterocycles. The van der Waals surface area contributed by atoms with Crippen molar-refractivity contribution in [2.24, 2.45) is 5.84 Å². The highest BCUT2D eigenvalue weighted by molar-refractivity contribution is 7.10. The summed E-state index contributed by atoms with van der Waals surface area (Å²) in [6.07, 6.45) is 0. The van der Waals surface area contributed by atoms with Crippen LogP contribution in [0.15, 0.2) is 23.6 Å². The molecule has 0 saturated heterocycles. The predicted molar refractivity (Wildman–Crippen MR) is 68.3 cm³/mol. The molecule has 0 aliphatic heterocycles. The maximum Gasteiger partial charge on any atom is 0.178 e. The number of thiophene rings is 1. The summed E-state index contributed by atoms with van der Waals surface area (Å²) in [6, 6.07) is 4.44. The van der Waals surface area contributed by atoms with Crippen LogP contribution in [-0.4, -0.2) is 4.98 Å². The Balaban J connectivity index is 2.23. The second-order valence-electron chi connectivity index (χ2n) is 3.68. The van der Waals surface area contributed by atoms with Gasteiger partial charge in [0, 0.05) is 10.9 Å². The van der Waals surface area contributed by atoms with E-state index in [1.807, 2.05) is 24.4 Å². The number of halogens is 2. The lowest BCUT2D eigenvalue weighted by Gasteiger charge is -2.14. The number of nitrogen functional groups attached to an aromatic ring is 1. The summed E-state index contributed by atoms with van der Waals surface area (Å²) in [5.41, 5.74) is 2.08. The molecular weight excluding hydrogens is 258 g/mol. The van der Waals surface area contributed by atoms with E-state index < -0.39 is 11.6 Å². The van der Waals surface area contributed by atoms with Crippen molar-refractivity contribution in [2.45, 2.75) is 13.0 Å². The predicted octanol–water partition coefficient (Wildman–Crippen LogP) is 2.88. The van der Waals surface area contributed by atoms with Gasteiger partial charge in [0.15, 0.2) is 23.3 Å². The highest BCUT2D eigenvalue weighted by atomic mass is 32.1. The summed E-state index contributed by atoms with van der Waals surface area (Å²) in [4.78, 5) is 4.78. The van der Waals surface area contributed by atoms with Gasteiger partial charge >= 0.3 is 0 Å². The number of hydrogen-bond donors (Lipinski definition) is 3. The third-order valence-corrected chi connectivity index (χ3v) is 3.44. The first-order valence-corrected chi connectivity index (χ1v) is 6.12. The lowest BCUT2D eigenvalue weighted by molar-refractivity contribution is 0.576. The quantitative estimate of drug-likeness (QED) is 0.590. The normalized spacial score (nSPS) is 12.2. The van der Waals surface area contributed by atoms with Gasteiger partial charge in [-0.1, -0.05) is 6.07 Å². The van der Waals surface area contributed by atoms with Crippen molar-refractivity contribution in [1.82, 2.24) is 4.98 Å². The van der Waals surface area contributed by atoms with Gasteiger partial charge < -0.3 is 10.7 Å². The van der Waals surface area contributed by atoms with Gasteiger partial charge in [0.1, 0.15) is 0 Å². The van der Waals surface area contributed by atoms with Gasteiger partial charge in [0.25, 0.3) is 0 Å². The smallest absolute Gasteiger partial charge is 0.178 e. The average molecular weight is 270 g/mol.